The van der Waals surface area contributed by atoms with Crippen LogP contribution in [0.15, 0.2) is 30.5 Å². The van der Waals surface area contributed by atoms with Crippen LogP contribution in [0.3, 0.4) is 0 Å². The molecule has 0 unspecified atom stereocenters. The lowest BCUT2D eigenvalue weighted by atomic mass is 10.1. The standard InChI is InChI=1S/C18H26N4O2/c1-13(2)10-14-11-16(22(4)20-14)18(23)21(3)17(12-24-5)15-8-6-7-9-19-15/h6-9,11,13,17H,10,12H2,1-5H3/t17-/m0/s1. The molecule has 0 aliphatic heterocycles. The first-order chi connectivity index (χ1) is 11.4. The summed E-state index contributed by atoms with van der Waals surface area (Å²) in [6, 6.07) is 7.30. The Balaban J connectivity index is 2.25. The summed E-state index contributed by atoms with van der Waals surface area (Å²) in [5.41, 5.74) is 2.32. The van der Waals surface area contributed by atoms with E-state index in [-0.39, 0.29) is 11.9 Å². The third-order valence-corrected chi connectivity index (χ3v) is 3.91. The number of methoxy groups -OCH3 is 1. The van der Waals surface area contributed by atoms with Crippen LogP contribution in [0.1, 0.15) is 41.8 Å². The molecule has 0 N–H and O–H groups in total. The molecular formula is C18H26N4O2. The van der Waals surface area contributed by atoms with Gasteiger partial charge in [0.1, 0.15) is 5.69 Å². The van der Waals surface area contributed by atoms with Gasteiger partial charge in [-0.1, -0.05) is 19.9 Å². The van der Waals surface area contributed by atoms with Gasteiger partial charge in [0.05, 0.1) is 24.0 Å². The summed E-state index contributed by atoms with van der Waals surface area (Å²) in [5.74, 6) is 0.406. The van der Waals surface area contributed by atoms with Crippen molar-refractivity contribution < 1.29 is 9.53 Å². The van der Waals surface area contributed by atoms with Crippen molar-refractivity contribution in [2.45, 2.75) is 26.3 Å². The minimum Gasteiger partial charge on any atom is -0.382 e. The van der Waals surface area contributed by atoms with E-state index in [9.17, 15) is 4.79 Å². The van der Waals surface area contributed by atoms with Crippen LogP contribution >= 0.6 is 0 Å². The number of amides is 1. The zero-order valence-electron chi connectivity index (χ0n) is 15.1. The lowest BCUT2D eigenvalue weighted by molar-refractivity contribution is 0.0585. The van der Waals surface area contributed by atoms with Gasteiger partial charge >= 0.3 is 0 Å². The Morgan fingerprint density at radius 3 is 2.71 bits per heavy atom. The maximum absolute atomic E-state index is 12.9. The molecule has 0 saturated carbocycles. The van der Waals surface area contributed by atoms with E-state index in [1.807, 2.05) is 24.3 Å². The van der Waals surface area contributed by atoms with Crippen molar-refractivity contribution in [1.82, 2.24) is 19.7 Å². The maximum Gasteiger partial charge on any atom is 0.272 e. The molecular weight excluding hydrogens is 304 g/mol. The van der Waals surface area contributed by atoms with Crippen molar-refractivity contribution in [2.24, 2.45) is 13.0 Å². The summed E-state index contributed by atoms with van der Waals surface area (Å²) >= 11 is 0. The maximum atomic E-state index is 12.9. The zero-order chi connectivity index (χ0) is 17.7. The highest BCUT2D eigenvalue weighted by Crippen LogP contribution is 2.20. The van der Waals surface area contributed by atoms with Crippen LogP contribution in [0, 0.1) is 5.92 Å². The van der Waals surface area contributed by atoms with Gasteiger partial charge in [-0.2, -0.15) is 5.10 Å². The molecule has 0 bridgehead atoms. The Kier molecular flexibility index (Phi) is 6.09. The summed E-state index contributed by atoms with van der Waals surface area (Å²) < 4.78 is 6.95. The molecule has 1 atom stereocenters. The van der Waals surface area contributed by atoms with Gasteiger partial charge in [-0.05, 0) is 30.5 Å². The Hall–Kier alpha value is -2.21. The molecule has 1 amide bonds. The molecule has 0 radical (unpaired) electrons. The highest BCUT2D eigenvalue weighted by molar-refractivity contribution is 5.92. The molecule has 0 aliphatic rings. The second-order valence-corrected chi connectivity index (χ2v) is 6.38. The molecule has 130 valence electrons. The molecule has 0 aliphatic carbocycles. The van der Waals surface area contributed by atoms with Crippen LogP contribution in [0.2, 0.25) is 0 Å². The van der Waals surface area contributed by atoms with Crippen LogP contribution < -0.4 is 0 Å². The number of nitrogens with zero attached hydrogens (tertiary/aromatic N) is 4. The predicted molar refractivity (Wildman–Crippen MR) is 92.7 cm³/mol. The average Bonchev–Trinajstić information content (AvgIpc) is 2.91. The van der Waals surface area contributed by atoms with Crippen molar-refractivity contribution in [3.05, 3.63) is 47.5 Å². The fraction of sp³-hybridized carbons (Fsp3) is 0.500. The smallest absolute Gasteiger partial charge is 0.272 e. The van der Waals surface area contributed by atoms with Gasteiger partial charge in [-0.25, -0.2) is 0 Å². The molecule has 0 fully saturated rings. The van der Waals surface area contributed by atoms with E-state index in [4.69, 9.17) is 4.74 Å². The Bertz CT molecular complexity index is 667. The van der Waals surface area contributed by atoms with E-state index < -0.39 is 0 Å². The number of pyridine rings is 1. The number of hydrogen-bond acceptors (Lipinski definition) is 4. The number of aryl methyl sites for hydroxylation is 1. The quantitative estimate of drug-likeness (QED) is 0.782. The monoisotopic (exact) mass is 330 g/mol. The zero-order valence-corrected chi connectivity index (χ0v) is 15.1. The van der Waals surface area contributed by atoms with Gasteiger partial charge in [0, 0.05) is 27.4 Å². The van der Waals surface area contributed by atoms with Gasteiger partial charge in [0.25, 0.3) is 5.91 Å². The molecule has 0 spiro atoms. The van der Waals surface area contributed by atoms with Crippen LogP contribution in [0.5, 0.6) is 0 Å². The first-order valence-corrected chi connectivity index (χ1v) is 8.14. The van der Waals surface area contributed by atoms with Gasteiger partial charge < -0.3 is 9.64 Å². The largest absolute Gasteiger partial charge is 0.382 e. The Morgan fingerprint density at radius 2 is 2.12 bits per heavy atom. The topological polar surface area (TPSA) is 60.2 Å². The molecule has 0 aromatic carbocycles. The lowest BCUT2D eigenvalue weighted by Gasteiger charge is -2.27. The second kappa shape index (κ2) is 8.06. The van der Waals surface area contributed by atoms with E-state index >= 15 is 0 Å². The van der Waals surface area contributed by atoms with E-state index in [0.717, 1.165) is 17.8 Å². The van der Waals surface area contributed by atoms with Gasteiger partial charge in [-0.15, -0.1) is 0 Å². The summed E-state index contributed by atoms with van der Waals surface area (Å²) in [5, 5.41) is 4.45. The highest BCUT2D eigenvalue weighted by Gasteiger charge is 2.26. The minimum absolute atomic E-state index is 0.0901. The third kappa shape index (κ3) is 4.20. The highest BCUT2D eigenvalue weighted by atomic mass is 16.5. The number of likely N-dealkylation sites (N-methyl/N-ethyl adjacent to an activating group) is 1. The van der Waals surface area contributed by atoms with E-state index in [2.05, 4.69) is 23.9 Å². The molecule has 24 heavy (non-hydrogen) atoms. The second-order valence-electron chi connectivity index (χ2n) is 6.38. The number of carbonyl (C=O) groups excluding carboxylic acids is 1. The Morgan fingerprint density at radius 1 is 1.38 bits per heavy atom. The number of carbonyl (C=O) groups is 1. The SMILES string of the molecule is COC[C@@H](c1ccccn1)N(C)C(=O)c1cc(CC(C)C)nn1C. The molecule has 2 rings (SSSR count). The van der Waals surface area contributed by atoms with Gasteiger partial charge in [-0.3, -0.25) is 14.5 Å². The van der Waals surface area contributed by atoms with Crippen LogP contribution in [0.25, 0.3) is 0 Å². The fourth-order valence-corrected chi connectivity index (χ4v) is 2.69. The first-order valence-electron chi connectivity index (χ1n) is 8.14. The number of hydrogen-bond donors (Lipinski definition) is 0. The molecule has 0 saturated heterocycles. The van der Waals surface area contributed by atoms with E-state index in [1.54, 1.807) is 37.0 Å². The summed E-state index contributed by atoms with van der Waals surface area (Å²) in [6.45, 7) is 4.66. The molecule has 2 aromatic heterocycles. The number of aromatic nitrogens is 3. The molecule has 2 aromatic rings. The van der Waals surface area contributed by atoms with Gasteiger partial charge in [0.2, 0.25) is 0 Å². The first kappa shape index (κ1) is 18.1. The molecule has 6 nitrogen and oxygen atoms in total. The van der Waals surface area contributed by atoms with Crippen molar-refractivity contribution >= 4 is 5.91 Å². The number of rotatable bonds is 7. The summed E-state index contributed by atoms with van der Waals surface area (Å²) in [4.78, 5) is 19.0. The normalized spacial score (nSPS) is 12.4. The van der Waals surface area contributed by atoms with Crippen LogP contribution in [0.4, 0.5) is 0 Å². The number of ether oxygens (including phenoxy) is 1. The van der Waals surface area contributed by atoms with E-state index in [0.29, 0.717) is 18.2 Å². The predicted octanol–water partition coefficient (Wildman–Crippen LogP) is 2.47. The van der Waals surface area contributed by atoms with Crippen LogP contribution in [-0.4, -0.2) is 46.3 Å². The van der Waals surface area contributed by atoms with E-state index in [1.165, 1.54) is 0 Å². The van der Waals surface area contributed by atoms with Gasteiger partial charge in [0.15, 0.2) is 0 Å². The van der Waals surface area contributed by atoms with Crippen LogP contribution in [-0.2, 0) is 18.2 Å². The van der Waals surface area contributed by atoms with Crippen molar-refractivity contribution in [3.8, 4) is 0 Å². The summed E-state index contributed by atoms with van der Waals surface area (Å²) in [6.07, 6.45) is 2.58. The molecule has 6 heteroatoms. The van der Waals surface area contributed by atoms with Crippen molar-refractivity contribution in [1.29, 1.82) is 0 Å². The third-order valence-electron chi connectivity index (χ3n) is 3.91. The van der Waals surface area contributed by atoms with Crippen molar-refractivity contribution in [2.75, 3.05) is 20.8 Å². The summed E-state index contributed by atoms with van der Waals surface area (Å²) in [7, 11) is 5.20. The average molecular weight is 330 g/mol. The molecule has 2 heterocycles. The minimum atomic E-state index is -0.243. The Labute approximate surface area is 143 Å². The lowest BCUT2D eigenvalue weighted by Crippen LogP contribution is -2.35. The fourth-order valence-electron chi connectivity index (χ4n) is 2.69. The van der Waals surface area contributed by atoms with Crippen molar-refractivity contribution in [3.63, 3.8) is 0 Å².